The van der Waals surface area contributed by atoms with E-state index in [-0.39, 0.29) is 11.7 Å². The molecule has 1 amide bonds. The van der Waals surface area contributed by atoms with Gasteiger partial charge in [-0.15, -0.1) is 0 Å². The van der Waals surface area contributed by atoms with Gasteiger partial charge in [-0.05, 0) is 18.6 Å². The summed E-state index contributed by atoms with van der Waals surface area (Å²) in [6.07, 6.45) is 1.52. The van der Waals surface area contributed by atoms with Gasteiger partial charge in [-0.3, -0.25) is 4.79 Å². The Bertz CT molecular complexity index is 511. The molecule has 1 aliphatic rings. The minimum atomic E-state index is -0.304. The fourth-order valence-corrected chi connectivity index (χ4v) is 2.38. The molecule has 16 heavy (non-hydrogen) atoms. The molecule has 0 saturated carbocycles. The molecule has 2 nitrogen and oxygen atoms in total. The van der Waals surface area contributed by atoms with Crippen molar-refractivity contribution >= 4 is 40.3 Å². The molecule has 1 N–H and O–H groups in total. The van der Waals surface area contributed by atoms with Gasteiger partial charge < -0.3 is 5.32 Å². The van der Waals surface area contributed by atoms with Crippen LogP contribution in [0.5, 0.6) is 0 Å². The quantitative estimate of drug-likeness (QED) is 0.616. The summed E-state index contributed by atoms with van der Waals surface area (Å²) in [6, 6.07) is 5.06. The highest BCUT2D eigenvalue weighted by Gasteiger charge is 2.22. The lowest BCUT2D eigenvalue weighted by molar-refractivity contribution is -0.115. The van der Waals surface area contributed by atoms with Gasteiger partial charge in [0.05, 0.1) is 4.91 Å². The summed E-state index contributed by atoms with van der Waals surface area (Å²) >= 11 is 5.99. The van der Waals surface area contributed by atoms with E-state index in [1.54, 1.807) is 25.1 Å². The van der Waals surface area contributed by atoms with Crippen LogP contribution >= 0.6 is 24.0 Å². The standard InChI is InChI=1S/C11H8FNOS2/c1-6-3-2-4-7(9(6)12)5-8-10(14)13-11(15)16-8/h2-5H,1H3,(H,13,14,15)/b8-5-. The highest BCUT2D eigenvalue weighted by molar-refractivity contribution is 8.26. The van der Waals surface area contributed by atoms with Crippen molar-refractivity contribution in [1.29, 1.82) is 0 Å². The summed E-state index contributed by atoms with van der Waals surface area (Å²) in [7, 11) is 0. The Morgan fingerprint density at radius 2 is 2.25 bits per heavy atom. The van der Waals surface area contributed by atoms with Crippen LogP contribution in [0.2, 0.25) is 0 Å². The molecule has 0 spiro atoms. The number of carbonyl (C=O) groups is 1. The van der Waals surface area contributed by atoms with Gasteiger partial charge in [0.1, 0.15) is 10.1 Å². The van der Waals surface area contributed by atoms with E-state index in [1.165, 1.54) is 6.08 Å². The molecule has 82 valence electrons. The number of nitrogens with one attached hydrogen (secondary N) is 1. The summed E-state index contributed by atoms with van der Waals surface area (Å²) in [6.45, 7) is 1.68. The normalized spacial score (nSPS) is 18.0. The van der Waals surface area contributed by atoms with E-state index in [2.05, 4.69) is 5.32 Å². The second kappa shape index (κ2) is 4.35. The summed E-state index contributed by atoms with van der Waals surface area (Å²) in [4.78, 5) is 11.8. The van der Waals surface area contributed by atoms with Crippen LogP contribution in [0, 0.1) is 12.7 Å². The van der Waals surface area contributed by atoms with E-state index in [9.17, 15) is 9.18 Å². The van der Waals surface area contributed by atoms with Gasteiger partial charge in [0.15, 0.2) is 0 Å². The Labute approximate surface area is 102 Å². The van der Waals surface area contributed by atoms with E-state index >= 15 is 0 Å². The number of hydrogen-bond acceptors (Lipinski definition) is 3. The molecular weight excluding hydrogens is 245 g/mol. The number of aryl methyl sites for hydroxylation is 1. The molecule has 0 aliphatic carbocycles. The first-order chi connectivity index (χ1) is 7.58. The van der Waals surface area contributed by atoms with Gasteiger partial charge in [0.2, 0.25) is 0 Å². The van der Waals surface area contributed by atoms with Crippen LogP contribution < -0.4 is 5.32 Å². The van der Waals surface area contributed by atoms with Gasteiger partial charge in [0.25, 0.3) is 5.91 Å². The topological polar surface area (TPSA) is 29.1 Å². The predicted molar refractivity (Wildman–Crippen MR) is 67.4 cm³/mol. The zero-order valence-corrected chi connectivity index (χ0v) is 10.0. The maximum absolute atomic E-state index is 13.7. The SMILES string of the molecule is Cc1cccc(/C=C2\SC(=S)NC2=O)c1F. The fourth-order valence-electron chi connectivity index (χ4n) is 1.34. The zero-order valence-electron chi connectivity index (χ0n) is 8.41. The summed E-state index contributed by atoms with van der Waals surface area (Å²) in [5.41, 5.74) is 0.961. The van der Waals surface area contributed by atoms with Crippen LogP contribution in [-0.2, 0) is 4.79 Å². The maximum Gasteiger partial charge on any atom is 0.263 e. The lowest BCUT2D eigenvalue weighted by atomic mass is 10.1. The summed E-state index contributed by atoms with van der Waals surface area (Å²) in [5, 5.41) is 2.49. The number of amides is 1. The third-order valence-corrected chi connectivity index (χ3v) is 3.31. The molecule has 1 aliphatic heterocycles. The molecule has 2 rings (SSSR count). The van der Waals surface area contributed by atoms with Gasteiger partial charge in [-0.25, -0.2) is 4.39 Å². The minimum absolute atomic E-state index is 0.268. The second-order valence-electron chi connectivity index (χ2n) is 3.33. The van der Waals surface area contributed by atoms with Crippen molar-refractivity contribution in [2.45, 2.75) is 6.92 Å². The third-order valence-electron chi connectivity index (χ3n) is 2.15. The Morgan fingerprint density at radius 3 is 2.88 bits per heavy atom. The maximum atomic E-state index is 13.7. The Morgan fingerprint density at radius 1 is 1.50 bits per heavy atom. The molecule has 1 heterocycles. The highest BCUT2D eigenvalue weighted by atomic mass is 32.2. The second-order valence-corrected chi connectivity index (χ2v) is 5.05. The van der Waals surface area contributed by atoms with Crippen LogP contribution in [0.4, 0.5) is 4.39 Å². The van der Waals surface area contributed by atoms with Crippen LogP contribution in [0.1, 0.15) is 11.1 Å². The van der Waals surface area contributed by atoms with Crippen molar-refractivity contribution in [1.82, 2.24) is 5.32 Å². The molecule has 1 fully saturated rings. The summed E-state index contributed by atoms with van der Waals surface area (Å²) < 4.78 is 14.1. The van der Waals surface area contributed by atoms with Gasteiger partial charge in [0, 0.05) is 5.56 Å². The van der Waals surface area contributed by atoms with Crippen molar-refractivity contribution in [2.75, 3.05) is 0 Å². The third kappa shape index (κ3) is 2.15. The van der Waals surface area contributed by atoms with Crippen LogP contribution in [-0.4, -0.2) is 10.2 Å². The molecule has 1 aromatic rings. The number of rotatable bonds is 1. The Balaban J connectivity index is 2.40. The monoisotopic (exact) mass is 253 g/mol. The molecule has 5 heteroatoms. The molecule has 0 radical (unpaired) electrons. The van der Waals surface area contributed by atoms with E-state index in [0.29, 0.717) is 20.4 Å². The minimum Gasteiger partial charge on any atom is -0.307 e. The molecule has 1 saturated heterocycles. The molecule has 0 aromatic heterocycles. The fraction of sp³-hybridized carbons (Fsp3) is 0.0909. The van der Waals surface area contributed by atoms with Crippen molar-refractivity contribution in [3.05, 3.63) is 40.0 Å². The number of thioether (sulfide) groups is 1. The van der Waals surface area contributed by atoms with Gasteiger partial charge in [-0.2, -0.15) is 0 Å². The van der Waals surface area contributed by atoms with E-state index < -0.39 is 0 Å². The number of benzene rings is 1. The first kappa shape index (κ1) is 11.3. The summed E-state index contributed by atoms with van der Waals surface area (Å²) in [5.74, 6) is -0.572. The average Bonchev–Trinajstić information content (AvgIpc) is 2.53. The smallest absolute Gasteiger partial charge is 0.263 e. The van der Waals surface area contributed by atoms with Crippen LogP contribution in [0.15, 0.2) is 23.1 Å². The number of halogens is 1. The van der Waals surface area contributed by atoms with Crippen molar-refractivity contribution in [2.24, 2.45) is 0 Å². The number of carbonyl (C=O) groups excluding carboxylic acids is 1. The van der Waals surface area contributed by atoms with Crippen molar-refractivity contribution in [3.63, 3.8) is 0 Å². The van der Waals surface area contributed by atoms with E-state index in [0.717, 1.165) is 11.8 Å². The van der Waals surface area contributed by atoms with Gasteiger partial charge >= 0.3 is 0 Å². The van der Waals surface area contributed by atoms with Crippen molar-refractivity contribution in [3.8, 4) is 0 Å². The highest BCUT2D eigenvalue weighted by Crippen LogP contribution is 2.27. The molecule has 0 bridgehead atoms. The van der Waals surface area contributed by atoms with E-state index in [1.807, 2.05) is 0 Å². The average molecular weight is 253 g/mol. The number of thiocarbonyl (C=S) groups is 1. The first-order valence-electron chi connectivity index (χ1n) is 4.58. The van der Waals surface area contributed by atoms with Crippen LogP contribution in [0.25, 0.3) is 6.08 Å². The zero-order chi connectivity index (χ0) is 11.7. The van der Waals surface area contributed by atoms with Crippen molar-refractivity contribution < 1.29 is 9.18 Å². The lowest BCUT2D eigenvalue weighted by Crippen LogP contribution is -2.17. The molecular formula is C11H8FNOS2. The lowest BCUT2D eigenvalue weighted by Gasteiger charge is -2.00. The van der Waals surface area contributed by atoms with Gasteiger partial charge in [-0.1, -0.05) is 42.2 Å². The van der Waals surface area contributed by atoms with E-state index in [4.69, 9.17) is 12.2 Å². The largest absolute Gasteiger partial charge is 0.307 e. The predicted octanol–water partition coefficient (Wildman–Crippen LogP) is 2.62. The molecule has 1 aromatic carbocycles. The molecule has 0 atom stereocenters. The Hall–Kier alpha value is -1.20. The molecule has 0 unspecified atom stereocenters. The van der Waals surface area contributed by atoms with Crippen LogP contribution in [0.3, 0.4) is 0 Å². The Kier molecular flexibility index (Phi) is 3.07. The number of hydrogen-bond donors (Lipinski definition) is 1. The first-order valence-corrected chi connectivity index (χ1v) is 5.80.